The number of ether oxygens (including phenoxy) is 2. The van der Waals surface area contributed by atoms with Crippen molar-refractivity contribution in [3.63, 3.8) is 0 Å². The molecule has 4 N–H and O–H groups in total. The first-order valence-electron chi connectivity index (χ1n) is 22.8. The van der Waals surface area contributed by atoms with E-state index in [0.717, 1.165) is 96.3 Å². The maximum absolute atomic E-state index is 12.7. The second-order valence-corrected chi connectivity index (χ2v) is 16.2. The highest BCUT2D eigenvalue weighted by Gasteiger charge is 2.27. The molecule has 0 aromatic rings. The van der Waals surface area contributed by atoms with E-state index in [1.807, 2.05) is 0 Å². The summed E-state index contributed by atoms with van der Waals surface area (Å²) in [5, 5.41) is 8.91. The molecule has 3 unspecified atom stereocenters. The predicted molar refractivity (Wildman–Crippen MR) is 249 cm³/mol. The largest absolute Gasteiger partial charge is 0.480 e. The number of phosphoric acid groups is 1. The molecule has 0 saturated carbocycles. The van der Waals surface area contributed by atoms with Crippen LogP contribution in [0.2, 0.25) is 0 Å². The lowest BCUT2D eigenvalue weighted by molar-refractivity contribution is -0.154. The Labute approximate surface area is 364 Å². The van der Waals surface area contributed by atoms with Crippen molar-refractivity contribution < 1.29 is 42.7 Å². The Morgan fingerprint density at radius 2 is 0.967 bits per heavy atom. The van der Waals surface area contributed by atoms with E-state index in [4.69, 9.17) is 29.4 Å². The highest BCUT2D eigenvalue weighted by Crippen LogP contribution is 2.43. The van der Waals surface area contributed by atoms with E-state index in [-0.39, 0.29) is 13.0 Å². The zero-order valence-electron chi connectivity index (χ0n) is 37.3. The first kappa shape index (κ1) is 56.9. The van der Waals surface area contributed by atoms with Crippen LogP contribution in [-0.4, -0.2) is 60.5 Å². The fourth-order valence-corrected chi connectivity index (χ4v) is 6.34. The average Bonchev–Trinajstić information content (AvgIpc) is 3.23. The SMILES string of the molecule is CC/C=C\C/C=C\C/C=C\C/C=C\C/C=C\C/C=C\CCCCCCC(=O)OC(COCCCCCCCC/C=C\C/C=C\CCCC)COP(=O)(O)OCC(N)C(=O)O. The topological polar surface area (TPSA) is 155 Å². The van der Waals surface area contributed by atoms with Crippen LogP contribution in [0.5, 0.6) is 0 Å². The standard InChI is InChI=1S/C49H82NO9P/c1-3-5-7-9-11-13-15-17-19-20-21-22-23-24-25-26-27-29-31-33-35-37-39-41-48(51)59-46(44-57-60(54,55)58-45-47(50)49(52)53)43-56-42-40-38-36-34-32-30-28-18-16-14-12-10-8-6-4-2/h5,7,10-13,16-19,21-22,24-25,27,29,46-47H,3-4,6,8-9,14-15,20,23,26,28,30-45,50H2,1-2H3,(H,52,53)(H,54,55)/b7-5-,12-10-,13-11-,18-16-,19-17-,22-21-,25-24-,29-27-. The molecule has 3 atom stereocenters. The normalized spacial score (nSPS) is 14.7. The lowest BCUT2D eigenvalue weighted by Crippen LogP contribution is -2.34. The van der Waals surface area contributed by atoms with Gasteiger partial charge in [0, 0.05) is 13.0 Å². The Hall–Kier alpha value is -3.11. The summed E-state index contributed by atoms with van der Waals surface area (Å²) < 4.78 is 33.3. The summed E-state index contributed by atoms with van der Waals surface area (Å²) in [6.45, 7) is 3.65. The molecular formula is C49H82NO9P. The number of allylic oxidation sites excluding steroid dienone is 16. The van der Waals surface area contributed by atoms with Gasteiger partial charge < -0.3 is 25.2 Å². The molecule has 0 fully saturated rings. The Bertz CT molecular complexity index is 1320. The van der Waals surface area contributed by atoms with Crippen molar-refractivity contribution in [2.45, 2.75) is 174 Å². The lowest BCUT2D eigenvalue weighted by Gasteiger charge is -2.20. The monoisotopic (exact) mass is 860 g/mol. The number of hydrogen-bond acceptors (Lipinski definition) is 8. The van der Waals surface area contributed by atoms with Gasteiger partial charge in [0.15, 0.2) is 0 Å². The van der Waals surface area contributed by atoms with Crippen molar-refractivity contribution in [3.8, 4) is 0 Å². The third-order valence-corrected chi connectivity index (χ3v) is 10.0. The van der Waals surface area contributed by atoms with Crippen molar-refractivity contribution in [2.75, 3.05) is 26.4 Å². The van der Waals surface area contributed by atoms with Crippen LogP contribution in [0.3, 0.4) is 0 Å². The Morgan fingerprint density at radius 1 is 0.550 bits per heavy atom. The first-order valence-corrected chi connectivity index (χ1v) is 24.3. The second-order valence-electron chi connectivity index (χ2n) is 14.8. The average molecular weight is 860 g/mol. The summed E-state index contributed by atoms with van der Waals surface area (Å²) in [4.78, 5) is 33.6. The molecule has 0 aromatic carbocycles. The van der Waals surface area contributed by atoms with Crippen molar-refractivity contribution >= 4 is 19.8 Å². The van der Waals surface area contributed by atoms with Gasteiger partial charge in [0.05, 0.1) is 19.8 Å². The van der Waals surface area contributed by atoms with Crippen molar-refractivity contribution in [3.05, 3.63) is 97.2 Å². The fraction of sp³-hybridized carbons (Fsp3) is 0.633. The third kappa shape index (κ3) is 43.0. The Balaban J connectivity index is 4.31. The van der Waals surface area contributed by atoms with Crippen molar-refractivity contribution in [2.24, 2.45) is 5.73 Å². The van der Waals surface area contributed by atoms with E-state index in [2.05, 4.69) is 111 Å². The summed E-state index contributed by atoms with van der Waals surface area (Å²) in [6.07, 6.45) is 57.4. The quantitative estimate of drug-likeness (QED) is 0.0234. The van der Waals surface area contributed by atoms with Crippen LogP contribution in [0.15, 0.2) is 97.2 Å². The third-order valence-electron chi connectivity index (χ3n) is 9.10. The molecule has 11 heteroatoms. The van der Waals surface area contributed by atoms with Crippen molar-refractivity contribution in [1.82, 2.24) is 0 Å². The lowest BCUT2D eigenvalue weighted by atomic mass is 10.1. The molecule has 10 nitrogen and oxygen atoms in total. The molecule has 0 saturated heterocycles. The van der Waals surface area contributed by atoms with E-state index < -0.39 is 45.1 Å². The van der Waals surface area contributed by atoms with Crippen LogP contribution in [0.4, 0.5) is 0 Å². The van der Waals surface area contributed by atoms with Crippen LogP contribution < -0.4 is 5.73 Å². The van der Waals surface area contributed by atoms with Gasteiger partial charge in [0.25, 0.3) is 0 Å². The molecule has 0 aliphatic carbocycles. The van der Waals surface area contributed by atoms with Gasteiger partial charge in [0.2, 0.25) is 0 Å². The van der Waals surface area contributed by atoms with Gasteiger partial charge in [-0.05, 0) is 89.9 Å². The van der Waals surface area contributed by atoms with E-state index in [1.165, 1.54) is 38.5 Å². The number of carbonyl (C=O) groups excluding carboxylic acids is 1. The van der Waals surface area contributed by atoms with E-state index >= 15 is 0 Å². The minimum atomic E-state index is -4.64. The zero-order chi connectivity index (χ0) is 44.0. The summed E-state index contributed by atoms with van der Waals surface area (Å²) >= 11 is 0. The predicted octanol–water partition coefficient (Wildman–Crippen LogP) is 12.9. The molecular weight excluding hydrogens is 778 g/mol. The number of carboxylic acid groups (broad SMARTS) is 1. The minimum absolute atomic E-state index is 0.00748. The summed E-state index contributed by atoms with van der Waals surface area (Å²) in [7, 11) is -4.64. The smallest absolute Gasteiger partial charge is 0.472 e. The Kier molecular flexibility index (Phi) is 41.7. The minimum Gasteiger partial charge on any atom is -0.480 e. The molecule has 0 bridgehead atoms. The van der Waals surface area contributed by atoms with Gasteiger partial charge in [-0.15, -0.1) is 0 Å². The molecule has 342 valence electrons. The van der Waals surface area contributed by atoms with Crippen LogP contribution in [0.25, 0.3) is 0 Å². The number of carboxylic acids is 1. The van der Waals surface area contributed by atoms with Gasteiger partial charge in [0.1, 0.15) is 12.1 Å². The van der Waals surface area contributed by atoms with Crippen LogP contribution in [0, 0.1) is 0 Å². The van der Waals surface area contributed by atoms with Gasteiger partial charge >= 0.3 is 19.8 Å². The van der Waals surface area contributed by atoms with E-state index in [0.29, 0.717) is 13.0 Å². The molecule has 0 rings (SSSR count). The van der Waals surface area contributed by atoms with Crippen LogP contribution >= 0.6 is 7.82 Å². The molecule has 0 aromatic heterocycles. The van der Waals surface area contributed by atoms with Gasteiger partial charge in [-0.1, -0.05) is 162 Å². The van der Waals surface area contributed by atoms with Gasteiger partial charge in [-0.3, -0.25) is 18.6 Å². The number of hydrogen-bond donors (Lipinski definition) is 3. The number of rotatable bonds is 42. The molecule has 0 aliphatic heterocycles. The highest BCUT2D eigenvalue weighted by molar-refractivity contribution is 7.47. The van der Waals surface area contributed by atoms with Gasteiger partial charge in [-0.2, -0.15) is 0 Å². The summed E-state index contributed by atoms with van der Waals surface area (Å²) in [5.74, 6) is -1.82. The molecule has 0 aliphatic rings. The highest BCUT2D eigenvalue weighted by atomic mass is 31.2. The number of aliphatic carboxylic acids is 1. The summed E-state index contributed by atoms with van der Waals surface area (Å²) in [5.41, 5.74) is 5.36. The molecule has 0 radical (unpaired) electrons. The number of nitrogens with two attached hydrogens (primary N) is 1. The second kappa shape index (κ2) is 44.0. The van der Waals surface area contributed by atoms with Crippen LogP contribution in [0.1, 0.15) is 162 Å². The molecule has 60 heavy (non-hydrogen) atoms. The maximum Gasteiger partial charge on any atom is 0.472 e. The Morgan fingerprint density at radius 3 is 1.45 bits per heavy atom. The number of carbonyl (C=O) groups is 2. The van der Waals surface area contributed by atoms with E-state index in [1.54, 1.807) is 0 Å². The molecule has 0 spiro atoms. The fourth-order valence-electron chi connectivity index (χ4n) is 5.56. The molecule has 0 heterocycles. The first-order chi connectivity index (χ1) is 29.2. The number of unbranched alkanes of at least 4 members (excludes halogenated alkanes) is 12. The number of phosphoric ester groups is 1. The molecule has 0 amide bonds. The van der Waals surface area contributed by atoms with Crippen LogP contribution in [-0.2, 0) is 32.7 Å². The van der Waals surface area contributed by atoms with E-state index in [9.17, 15) is 19.0 Å². The summed E-state index contributed by atoms with van der Waals surface area (Å²) in [6, 6.07) is -1.49. The number of esters is 1. The maximum atomic E-state index is 12.7. The van der Waals surface area contributed by atoms with Crippen molar-refractivity contribution in [1.29, 1.82) is 0 Å². The zero-order valence-corrected chi connectivity index (χ0v) is 38.2. The van der Waals surface area contributed by atoms with Gasteiger partial charge in [-0.25, -0.2) is 4.57 Å².